The normalized spacial score (nSPS) is 19.8. The highest BCUT2D eigenvalue weighted by Gasteiger charge is 2.22. The van der Waals surface area contributed by atoms with Gasteiger partial charge in [0, 0.05) is 23.7 Å². The standard InChI is InChI=1S/C23H25N3O2S/c1-15-2-8-18-19(14-15)29-23-21(18)22(27)24-20(25-23)9-5-16-3-6-17(7-4-16)26-10-12-28-13-11-26/h3-7,9,15H,2,8,10-14H2,1H3,(H,24,25,27)/b9-5+/t15-/m0/s1. The van der Waals surface area contributed by atoms with Crippen LogP contribution in [0.25, 0.3) is 22.4 Å². The van der Waals surface area contributed by atoms with Crippen molar-refractivity contribution in [1.82, 2.24) is 9.97 Å². The summed E-state index contributed by atoms with van der Waals surface area (Å²) >= 11 is 1.69. The number of anilines is 1. The van der Waals surface area contributed by atoms with Gasteiger partial charge in [-0.3, -0.25) is 4.79 Å². The Morgan fingerprint density at radius 3 is 2.79 bits per heavy atom. The number of aromatic amines is 1. The molecule has 1 fully saturated rings. The Kier molecular flexibility index (Phi) is 4.97. The molecule has 0 bridgehead atoms. The van der Waals surface area contributed by atoms with Gasteiger partial charge in [-0.15, -0.1) is 11.3 Å². The lowest BCUT2D eigenvalue weighted by Gasteiger charge is -2.28. The molecule has 5 rings (SSSR count). The lowest BCUT2D eigenvalue weighted by atomic mass is 9.89. The third-order valence-electron chi connectivity index (χ3n) is 5.89. The summed E-state index contributed by atoms with van der Waals surface area (Å²) in [6, 6.07) is 8.48. The maximum absolute atomic E-state index is 12.7. The molecule has 3 heterocycles. The third kappa shape index (κ3) is 3.74. The molecule has 1 N–H and O–H groups in total. The lowest BCUT2D eigenvalue weighted by Crippen LogP contribution is -2.36. The minimum Gasteiger partial charge on any atom is -0.378 e. The third-order valence-corrected chi connectivity index (χ3v) is 7.03. The summed E-state index contributed by atoms with van der Waals surface area (Å²) in [5.74, 6) is 1.31. The number of morpholine rings is 1. The van der Waals surface area contributed by atoms with E-state index in [0.29, 0.717) is 11.7 Å². The molecule has 2 aliphatic rings. The number of H-pyrrole nitrogens is 1. The largest absolute Gasteiger partial charge is 0.378 e. The van der Waals surface area contributed by atoms with Gasteiger partial charge >= 0.3 is 0 Å². The molecule has 0 saturated carbocycles. The number of hydrogen-bond acceptors (Lipinski definition) is 5. The maximum Gasteiger partial charge on any atom is 0.260 e. The monoisotopic (exact) mass is 407 g/mol. The highest BCUT2D eigenvalue weighted by Crippen LogP contribution is 2.35. The van der Waals surface area contributed by atoms with Crippen LogP contribution in [-0.4, -0.2) is 36.3 Å². The van der Waals surface area contributed by atoms with E-state index in [2.05, 4.69) is 41.1 Å². The summed E-state index contributed by atoms with van der Waals surface area (Å²) in [5.41, 5.74) is 3.52. The van der Waals surface area contributed by atoms with E-state index in [4.69, 9.17) is 9.72 Å². The Balaban J connectivity index is 1.38. The van der Waals surface area contributed by atoms with Crippen LogP contribution < -0.4 is 10.5 Å². The molecule has 29 heavy (non-hydrogen) atoms. The van der Waals surface area contributed by atoms with Crippen molar-refractivity contribution in [3.63, 3.8) is 0 Å². The number of nitrogens with zero attached hydrogens (tertiary/aromatic N) is 2. The average molecular weight is 408 g/mol. The van der Waals surface area contributed by atoms with E-state index in [9.17, 15) is 4.79 Å². The van der Waals surface area contributed by atoms with Gasteiger partial charge in [0.05, 0.1) is 18.6 Å². The lowest BCUT2D eigenvalue weighted by molar-refractivity contribution is 0.122. The quantitative estimate of drug-likeness (QED) is 0.710. The predicted molar refractivity (Wildman–Crippen MR) is 120 cm³/mol. The number of ether oxygens (including phenoxy) is 1. The van der Waals surface area contributed by atoms with Gasteiger partial charge in [-0.1, -0.05) is 25.1 Å². The van der Waals surface area contributed by atoms with Gasteiger partial charge in [0.2, 0.25) is 0 Å². The Morgan fingerprint density at radius 1 is 1.21 bits per heavy atom. The van der Waals surface area contributed by atoms with Crippen LogP contribution in [0.3, 0.4) is 0 Å². The topological polar surface area (TPSA) is 58.2 Å². The summed E-state index contributed by atoms with van der Waals surface area (Å²) in [7, 11) is 0. The minimum absolute atomic E-state index is 0.00984. The SMILES string of the molecule is C[C@H]1CCc2c(sc3nc(/C=C/c4ccc(N5CCOCC5)cc4)[nH]c(=O)c23)C1. The number of thiophene rings is 1. The van der Waals surface area contributed by atoms with Gasteiger partial charge in [0.1, 0.15) is 10.7 Å². The number of nitrogens with one attached hydrogen (secondary N) is 1. The molecule has 0 radical (unpaired) electrons. The molecule has 0 amide bonds. The van der Waals surface area contributed by atoms with Crippen LogP contribution in [0.15, 0.2) is 29.1 Å². The van der Waals surface area contributed by atoms with Gasteiger partial charge in [-0.25, -0.2) is 4.98 Å². The zero-order chi connectivity index (χ0) is 19.8. The van der Waals surface area contributed by atoms with E-state index in [0.717, 1.165) is 61.3 Å². The van der Waals surface area contributed by atoms with E-state index in [1.807, 2.05) is 12.2 Å². The van der Waals surface area contributed by atoms with Crippen LogP contribution in [0.2, 0.25) is 0 Å². The van der Waals surface area contributed by atoms with Crippen LogP contribution in [0.1, 0.15) is 35.2 Å². The van der Waals surface area contributed by atoms with Crippen LogP contribution >= 0.6 is 11.3 Å². The minimum atomic E-state index is -0.00984. The molecule has 6 heteroatoms. The average Bonchev–Trinajstić information content (AvgIpc) is 3.11. The zero-order valence-electron chi connectivity index (χ0n) is 16.6. The Bertz CT molecular complexity index is 1110. The highest BCUT2D eigenvalue weighted by molar-refractivity contribution is 7.18. The molecule has 1 saturated heterocycles. The van der Waals surface area contributed by atoms with E-state index >= 15 is 0 Å². The van der Waals surface area contributed by atoms with Gasteiger partial charge in [-0.2, -0.15) is 0 Å². The van der Waals surface area contributed by atoms with E-state index in [1.165, 1.54) is 16.1 Å². The molecule has 0 unspecified atom stereocenters. The molecular weight excluding hydrogens is 382 g/mol. The van der Waals surface area contributed by atoms with Crippen molar-refractivity contribution in [3.8, 4) is 0 Å². The van der Waals surface area contributed by atoms with Crippen LogP contribution in [0.4, 0.5) is 5.69 Å². The van der Waals surface area contributed by atoms with Gasteiger partial charge in [0.15, 0.2) is 0 Å². The molecule has 1 aliphatic heterocycles. The van der Waals surface area contributed by atoms with E-state index in [1.54, 1.807) is 11.3 Å². The fourth-order valence-corrected chi connectivity index (χ4v) is 5.63. The summed E-state index contributed by atoms with van der Waals surface area (Å²) in [5, 5.41) is 0.809. The summed E-state index contributed by atoms with van der Waals surface area (Å²) in [4.78, 5) is 24.9. The van der Waals surface area contributed by atoms with E-state index < -0.39 is 0 Å². The second-order valence-corrected chi connectivity index (χ2v) is 9.09. The molecular formula is C23H25N3O2S. The first-order chi connectivity index (χ1) is 14.2. The molecule has 0 spiro atoms. The number of fused-ring (bicyclic) bond motifs is 3. The van der Waals surface area contributed by atoms with Gasteiger partial charge < -0.3 is 14.6 Å². The molecule has 1 aliphatic carbocycles. The number of aromatic nitrogens is 2. The zero-order valence-corrected chi connectivity index (χ0v) is 17.4. The van der Waals surface area contributed by atoms with Crippen LogP contribution in [0, 0.1) is 5.92 Å². The highest BCUT2D eigenvalue weighted by atomic mass is 32.1. The number of aryl methyl sites for hydroxylation is 1. The number of benzene rings is 1. The van der Waals surface area contributed by atoms with Crippen molar-refractivity contribution in [1.29, 1.82) is 0 Å². The van der Waals surface area contributed by atoms with Crippen molar-refractivity contribution in [2.24, 2.45) is 5.92 Å². The second-order valence-electron chi connectivity index (χ2n) is 8.01. The Morgan fingerprint density at radius 2 is 2.00 bits per heavy atom. The predicted octanol–water partition coefficient (Wildman–Crippen LogP) is 4.12. The van der Waals surface area contributed by atoms with Gasteiger partial charge in [0.25, 0.3) is 5.56 Å². The van der Waals surface area contributed by atoms with Crippen LogP contribution in [0.5, 0.6) is 0 Å². The molecule has 1 atom stereocenters. The van der Waals surface area contributed by atoms with Crippen molar-refractivity contribution in [3.05, 3.63) is 56.4 Å². The summed E-state index contributed by atoms with van der Waals surface area (Å²) in [6.07, 6.45) is 7.11. The molecule has 1 aromatic carbocycles. The first-order valence-electron chi connectivity index (χ1n) is 10.3. The smallest absolute Gasteiger partial charge is 0.260 e. The second kappa shape index (κ2) is 7.76. The summed E-state index contributed by atoms with van der Waals surface area (Å²) < 4.78 is 5.42. The fourth-order valence-electron chi connectivity index (χ4n) is 4.24. The maximum atomic E-state index is 12.7. The van der Waals surface area contributed by atoms with Crippen molar-refractivity contribution in [2.75, 3.05) is 31.2 Å². The molecule has 150 valence electrons. The fraction of sp³-hybridized carbons (Fsp3) is 0.391. The first kappa shape index (κ1) is 18.6. The first-order valence-corrected chi connectivity index (χ1v) is 11.1. The van der Waals surface area contributed by atoms with Gasteiger partial charge in [-0.05, 0) is 54.5 Å². The number of rotatable bonds is 3. The van der Waals surface area contributed by atoms with Crippen molar-refractivity contribution in [2.45, 2.75) is 26.2 Å². The van der Waals surface area contributed by atoms with E-state index in [-0.39, 0.29) is 5.56 Å². The van der Waals surface area contributed by atoms with Crippen molar-refractivity contribution < 1.29 is 4.74 Å². The van der Waals surface area contributed by atoms with Crippen molar-refractivity contribution >= 4 is 39.4 Å². The Hall–Kier alpha value is -2.44. The molecule has 5 nitrogen and oxygen atoms in total. The summed E-state index contributed by atoms with van der Waals surface area (Å²) in [6.45, 7) is 5.72. The number of hydrogen-bond donors (Lipinski definition) is 1. The van der Waals surface area contributed by atoms with Crippen LogP contribution in [-0.2, 0) is 17.6 Å². The molecule has 3 aromatic rings. The Labute approximate surface area is 174 Å². The molecule has 2 aromatic heterocycles.